The van der Waals surface area contributed by atoms with Crippen molar-refractivity contribution in [1.29, 1.82) is 0 Å². The van der Waals surface area contributed by atoms with Gasteiger partial charge in [-0.3, -0.25) is 4.79 Å². The van der Waals surface area contributed by atoms with E-state index in [1.165, 1.54) is 5.57 Å². The third-order valence-corrected chi connectivity index (χ3v) is 1.73. The summed E-state index contributed by atoms with van der Waals surface area (Å²) in [6.45, 7) is 6.45. The van der Waals surface area contributed by atoms with Crippen LogP contribution in [0, 0.1) is 5.92 Å². The molecule has 0 bridgehead atoms. The van der Waals surface area contributed by atoms with Crippen molar-refractivity contribution < 1.29 is 4.79 Å². The van der Waals surface area contributed by atoms with Crippen LogP contribution in [0.1, 0.15) is 19.8 Å². The molecule has 1 N–H and O–H groups in total. The van der Waals surface area contributed by atoms with Crippen LogP contribution < -0.4 is 5.32 Å². The normalized spacial score (nSPS) is 22.5. The SMILES string of the molecule is C=C1CC1CC(=O)NCC. The third kappa shape index (κ3) is 1.87. The minimum absolute atomic E-state index is 0.158. The van der Waals surface area contributed by atoms with Gasteiger partial charge in [-0.15, -0.1) is 0 Å². The molecule has 1 aliphatic rings. The Morgan fingerprint density at radius 3 is 2.90 bits per heavy atom. The second-order valence-corrected chi connectivity index (χ2v) is 2.72. The Morgan fingerprint density at radius 2 is 2.50 bits per heavy atom. The molecule has 1 rings (SSSR count). The van der Waals surface area contributed by atoms with Gasteiger partial charge in [-0.2, -0.15) is 0 Å². The average molecular weight is 139 g/mol. The fourth-order valence-corrected chi connectivity index (χ4v) is 0.967. The standard InChI is InChI=1S/C8H13NO/c1-3-9-8(10)5-7-4-6(7)2/h7H,2-5H2,1H3,(H,9,10). The van der Waals surface area contributed by atoms with Crippen molar-refractivity contribution in [3.05, 3.63) is 12.2 Å². The molecule has 2 nitrogen and oxygen atoms in total. The van der Waals surface area contributed by atoms with Crippen LogP contribution in [0.4, 0.5) is 0 Å². The molecule has 1 unspecified atom stereocenters. The second-order valence-electron chi connectivity index (χ2n) is 2.72. The van der Waals surface area contributed by atoms with Gasteiger partial charge in [0.25, 0.3) is 0 Å². The van der Waals surface area contributed by atoms with Crippen molar-refractivity contribution in [2.75, 3.05) is 6.54 Å². The molecule has 0 radical (unpaired) electrons. The molecule has 56 valence electrons. The maximum atomic E-state index is 10.9. The Hall–Kier alpha value is -0.790. The first-order valence-corrected chi connectivity index (χ1v) is 3.68. The lowest BCUT2D eigenvalue weighted by Gasteiger charge is -1.97. The molecular weight excluding hydrogens is 126 g/mol. The quantitative estimate of drug-likeness (QED) is 0.582. The van der Waals surface area contributed by atoms with E-state index in [0.717, 1.165) is 13.0 Å². The van der Waals surface area contributed by atoms with Crippen molar-refractivity contribution >= 4 is 5.91 Å². The van der Waals surface area contributed by atoms with Crippen molar-refractivity contribution in [2.45, 2.75) is 19.8 Å². The summed E-state index contributed by atoms with van der Waals surface area (Å²) in [5.41, 5.74) is 1.23. The van der Waals surface area contributed by atoms with Gasteiger partial charge >= 0.3 is 0 Å². The Bertz CT molecular complexity index is 163. The average Bonchev–Trinajstić information content (AvgIpc) is 2.47. The molecule has 1 aliphatic carbocycles. The highest BCUT2D eigenvalue weighted by atomic mass is 16.1. The third-order valence-electron chi connectivity index (χ3n) is 1.73. The summed E-state index contributed by atoms with van der Waals surface area (Å²) < 4.78 is 0. The number of carbonyl (C=O) groups is 1. The summed E-state index contributed by atoms with van der Waals surface area (Å²) >= 11 is 0. The highest BCUT2D eigenvalue weighted by molar-refractivity contribution is 5.77. The fraction of sp³-hybridized carbons (Fsp3) is 0.625. The van der Waals surface area contributed by atoms with Crippen molar-refractivity contribution in [1.82, 2.24) is 5.32 Å². The Balaban J connectivity index is 2.13. The molecule has 0 aromatic rings. The van der Waals surface area contributed by atoms with Crippen LogP contribution in [0.5, 0.6) is 0 Å². The van der Waals surface area contributed by atoms with E-state index >= 15 is 0 Å². The number of amides is 1. The molecule has 10 heavy (non-hydrogen) atoms. The Morgan fingerprint density at radius 1 is 1.90 bits per heavy atom. The van der Waals surface area contributed by atoms with Gasteiger partial charge in [-0.1, -0.05) is 12.2 Å². The maximum Gasteiger partial charge on any atom is 0.220 e. The monoisotopic (exact) mass is 139 g/mol. The molecule has 0 aromatic heterocycles. The summed E-state index contributed by atoms with van der Waals surface area (Å²) in [4.78, 5) is 10.9. The summed E-state index contributed by atoms with van der Waals surface area (Å²) in [5, 5.41) is 2.76. The van der Waals surface area contributed by atoms with Crippen LogP contribution in [-0.2, 0) is 4.79 Å². The van der Waals surface area contributed by atoms with Crippen LogP contribution in [-0.4, -0.2) is 12.5 Å². The molecule has 1 saturated carbocycles. The van der Waals surface area contributed by atoms with E-state index in [4.69, 9.17) is 0 Å². The summed E-state index contributed by atoms with van der Waals surface area (Å²) in [5.74, 6) is 0.651. The maximum absolute atomic E-state index is 10.9. The zero-order valence-electron chi connectivity index (χ0n) is 6.31. The minimum atomic E-state index is 0.158. The topological polar surface area (TPSA) is 29.1 Å². The largest absolute Gasteiger partial charge is 0.356 e. The molecule has 0 aliphatic heterocycles. The number of rotatable bonds is 3. The number of hydrogen-bond donors (Lipinski definition) is 1. The number of allylic oxidation sites excluding steroid dienone is 1. The minimum Gasteiger partial charge on any atom is -0.356 e. The molecule has 1 fully saturated rings. The van der Waals surface area contributed by atoms with E-state index in [9.17, 15) is 4.79 Å². The van der Waals surface area contributed by atoms with Crippen molar-refractivity contribution in [3.63, 3.8) is 0 Å². The lowest BCUT2D eigenvalue weighted by Crippen LogP contribution is -2.22. The van der Waals surface area contributed by atoms with Gasteiger partial charge < -0.3 is 5.32 Å². The van der Waals surface area contributed by atoms with Gasteiger partial charge in [0.15, 0.2) is 0 Å². The van der Waals surface area contributed by atoms with Gasteiger partial charge in [0.05, 0.1) is 0 Å². The van der Waals surface area contributed by atoms with Crippen LogP contribution in [0.15, 0.2) is 12.2 Å². The van der Waals surface area contributed by atoms with Crippen molar-refractivity contribution in [3.8, 4) is 0 Å². The molecule has 0 heterocycles. The van der Waals surface area contributed by atoms with Gasteiger partial charge in [0, 0.05) is 13.0 Å². The first kappa shape index (κ1) is 7.32. The predicted octanol–water partition coefficient (Wildman–Crippen LogP) is 1.09. The van der Waals surface area contributed by atoms with Gasteiger partial charge in [0.1, 0.15) is 0 Å². The molecule has 0 saturated heterocycles. The lowest BCUT2D eigenvalue weighted by molar-refractivity contribution is -0.121. The Kier molecular flexibility index (Phi) is 2.10. The lowest BCUT2D eigenvalue weighted by atomic mass is 10.3. The smallest absolute Gasteiger partial charge is 0.220 e. The first-order chi connectivity index (χ1) is 4.74. The fourth-order valence-electron chi connectivity index (χ4n) is 0.967. The van der Waals surface area contributed by atoms with E-state index in [2.05, 4.69) is 11.9 Å². The van der Waals surface area contributed by atoms with Crippen LogP contribution in [0.3, 0.4) is 0 Å². The highest BCUT2D eigenvalue weighted by Crippen LogP contribution is 2.38. The second kappa shape index (κ2) is 2.86. The highest BCUT2D eigenvalue weighted by Gasteiger charge is 2.28. The number of nitrogens with one attached hydrogen (secondary N) is 1. The molecule has 1 amide bonds. The van der Waals surface area contributed by atoms with Crippen LogP contribution in [0.2, 0.25) is 0 Å². The van der Waals surface area contributed by atoms with E-state index in [1.54, 1.807) is 0 Å². The summed E-state index contributed by atoms with van der Waals surface area (Å²) in [6, 6.07) is 0. The van der Waals surface area contributed by atoms with Gasteiger partial charge in [-0.25, -0.2) is 0 Å². The van der Waals surface area contributed by atoms with E-state index in [1.807, 2.05) is 6.92 Å². The molecular formula is C8H13NO. The molecule has 2 heteroatoms. The zero-order chi connectivity index (χ0) is 7.56. The summed E-state index contributed by atoms with van der Waals surface area (Å²) in [7, 11) is 0. The van der Waals surface area contributed by atoms with Crippen LogP contribution >= 0.6 is 0 Å². The number of carbonyl (C=O) groups excluding carboxylic acids is 1. The van der Waals surface area contributed by atoms with Crippen molar-refractivity contribution in [2.24, 2.45) is 5.92 Å². The first-order valence-electron chi connectivity index (χ1n) is 3.68. The molecule has 1 atom stereocenters. The van der Waals surface area contributed by atoms with E-state index in [-0.39, 0.29) is 5.91 Å². The summed E-state index contributed by atoms with van der Waals surface area (Å²) in [6.07, 6.45) is 1.70. The number of hydrogen-bond acceptors (Lipinski definition) is 1. The van der Waals surface area contributed by atoms with E-state index < -0.39 is 0 Å². The van der Waals surface area contributed by atoms with Crippen LogP contribution in [0.25, 0.3) is 0 Å². The van der Waals surface area contributed by atoms with Gasteiger partial charge in [0.2, 0.25) is 5.91 Å². The Labute approximate surface area is 61.3 Å². The van der Waals surface area contributed by atoms with Gasteiger partial charge in [-0.05, 0) is 19.3 Å². The van der Waals surface area contributed by atoms with E-state index in [0.29, 0.717) is 12.3 Å². The molecule has 0 spiro atoms. The zero-order valence-corrected chi connectivity index (χ0v) is 6.31. The molecule has 0 aromatic carbocycles. The predicted molar refractivity (Wildman–Crippen MR) is 40.5 cm³/mol.